The summed E-state index contributed by atoms with van der Waals surface area (Å²) in [5.41, 5.74) is 0.903. The number of amides is 1. The standard InChI is InChI=1S/C12H12N4O2/c1-8-14-5-2-9(16-8)6-15-12(18)10-3-4-13-7-11(10)17/h2-5,7,17H,6H2,1H3,(H,15,18). The molecule has 0 aliphatic heterocycles. The van der Waals surface area contributed by atoms with E-state index in [0.717, 1.165) is 0 Å². The van der Waals surface area contributed by atoms with Gasteiger partial charge in [-0.1, -0.05) is 0 Å². The summed E-state index contributed by atoms with van der Waals surface area (Å²) in [6.45, 7) is 2.06. The van der Waals surface area contributed by atoms with Gasteiger partial charge in [0.05, 0.1) is 24.0 Å². The van der Waals surface area contributed by atoms with Gasteiger partial charge in [0.2, 0.25) is 0 Å². The van der Waals surface area contributed by atoms with Crippen LogP contribution in [0.2, 0.25) is 0 Å². The van der Waals surface area contributed by atoms with E-state index in [0.29, 0.717) is 11.5 Å². The van der Waals surface area contributed by atoms with Crippen molar-refractivity contribution in [2.75, 3.05) is 0 Å². The molecule has 0 atom stereocenters. The van der Waals surface area contributed by atoms with Crippen LogP contribution in [0.3, 0.4) is 0 Å². The van der Waals surface area contributed by atoms with Gasteiger partial charge in [-0.15, -0.1) is 0 Å². The Kier molecular flexibility index (Phi) is 3.47. The molecule has 18 heavy (non-hydrogen) atoms. The molecule has 2 rings (SSSR count). The van der Waals surface area contributed by atoms with E-state index in [9.17, 15) is 9.90 Å². The molecule has 2 heterocycles. The Balaban J connectivity index is 2.03. The first-order valence-electron chi connectivity index (χ1n) is 5.36. The molecule has 6 nitrogen and oxygen atoms in total. The molecule has 0 unspecified atom stereocenters. The largest absolute Gasteiger partial charge is 0.505 e. The SMILES string of the molecule is Cc1nccc(CNC(=O)c2ccncc2O)n1. The summed E-state index contributed by atoms with van der Waals surface area (Å²) in [5.74, 6) is 0.133. The molecule has 0 fully saturated rings. The van der Waals surface area contributed by atoms with Crippen molar-refractivity contribution in [2.45, 2.75) is 13.5 Å². The summed E-state index contributed by atoms with van der Waals surface area (Å²) in [6.07, 6.45) is 4.31. The van der Waals surface area contributed by atoms with E-state index >= 15 is 0 Å². The van der Waals surface area contributed by atoms with Crippen molar-refractivity contribution < 1.29 is 9.90 Å². The smallest absolute Gasteiger partial charge is 0.255 e. The first-order valence-corrected chi connectivity index (χ1v) is 5.36. The third-order valence-corrected chi connectivity index (χ3v) is 2.31. The van der Waals surface area contributed by atoms with E-state index in [1.807, 2.05) is 0 Å². The Morgan fingerprint density at radius 3 is 2.94 bits per heavy atom. The zero-order valence-corrected chi connectivity index (χ0v) is 9.79. The molecule has 0 aliphatic rings. The second-order valence-electron chi connectivity index (χ2n) is 3.67. The quantitative estimate of drug-likeness (QED) is 0.834. The summed E-state index contributed by atoms with van der Waals surface area (Å²) in [6, 6.07) is 3.18. The van der Waals surface area contributed by atoms with E-state index in [1.54, 1.807) is 19.2 Å². The fraction of sp³-hybridized carbons (Fsp3) is 0.167. The van der Waals surface area contributed by atoms with Gasteiger partial charge < -0.3 is 10.4 Å². The molecule has 0 aliphatic carbocycles. The van der Waals surface area contributed by atoms with Crippen LogP contribution < -0.4 is 5.32 Å². The molecular formula is C12H12N4O2. The highest BCUT2D eigenvalue weighted by Gasteiger charge is 2.10. The minimum absolute atomic E-state index is 0.145. The van der Waals surface area contributed by atoms with Crippen molar-refractivity contribution in [3.8, 4) is 5.75 Å². The van der Waals surface area contributed by atoms with E-state index in [-0.39, 0.29) is 23.8 Å². The van der Waals surface area contributed by atoms with Crippen LogP contribution in [0.5, 0.6) is 5.75 Å². The summed E-state index contributed by atoms with van der Waals surface area (Å²) in [5, 5.41) is 12.1. The van der Waals surface area contributed by atoms with Gasteiger partial charge in [0, 0.05) is 12.4 Å². The molecule has 0 bridgehead atoms. The van der Waals surface area contributed by atoms with Crippen LogP contribution in [0.4, 0.5) is 0 Å². The number of rotatable bonds is 3. The highest BCUT2D eigenvalue weighted by molar-refractivity contribution is 5.96. The number of carbonyl (C=O) groups excluding carboxylic acids is 1. The number of pyridine rings is 1. The number of hydrogen-bond donors (Lipinski definition) is 2. The molecule has 0 spiro atoms. The van der Waals surface area contributed by atoms with E-state index < -0.39 is 0 Å². The molecule has 0 radical (unpaired) electrons. The number of aromatic hydroxyl groups is 1. The van der Waals surface area contributed by atoms with Gasteiger partial charge in [-0.05, 0) is 19.1 Å². The summed E-state index contributed by atoms with van der Waals surface area (Å²) in [7, 11) is 0. The maximum atomic E-state index is 11.8. The minimum atomic E-state index is -0.369. The Bertz CT molecular complexity index is 572. The maximum Gasteiger partial charge on any atom is 0.255 e. The second kappa shape index (κ2) is 5.22. The third kappa shape index (κ3) is 2.79. The molecule has 1 amide bonds. The van der Waals surface area contributed by atoms with E-state index in [2.05, 4.69) is 20.3 Å². The van der Waals surface area contributed by atoms with Gasteiger partial charge in [-0.3, -0.25) is 9.78 Å². The van der Waals surface area contributed by atoms with Crippen molar-refractivity contribution in [3.05, 3.63) is 47.8 Å². The molecule has 2 aromatic heterocycles. The van der Waals surface area contributed by atoms with Gasteiger partial charge in [-0.2, -0.15) is 0 Å². The second-order valence-corrected chi connectivity index (χ2v) is 3.67. The van der Waals surface area contributed by atoms with Crippen LogP contribution in [0, 0.1) is 6.92 Å². The average Bonchev–Trinajstić information content (AvgIpc) is 2.37. The van der Waals surface area contributed by atoms with Crippen molar-refractivity contribution in [1.29, 1.82) is 0 Å². The summed E-state index contributed by atoms with van der Waals surface area (Å²) in [4.78, 5) is 23.6. The Morgan fingerprint density at radius 2 is 2.22 bits per heavy atom. The lowest BCUT2D eigenvalue weighted by atomic mass is 10.2. The first kappa shape index (κ1) is 12.0. The fourth-order valence-electron chi connectivity index (χ4n) is 1.45. The molecule has 92 valence electrons. The van der Waals surface area contributed by atoms with Gasteiger partial charge in [0.15, 0.2) is 0 Å². The zero-order chi connectivity index (χ0) is 13.0. The Labute approximate surface area is 104 Å². The number of carbonyl (C=O) groups is 1. The lowest BCUT2D eigenvalue weighted by Crippen LogP contribution is -2.23. The topological polar surface area (TPSA) is 88.0 Å². The lowest BCUT2D eigenvalue weighted by Gasteiger charge is -2.06. The summed E-state index contributed by atoms with van der Waals surface area (Å²) >= 11 is 0. The Hall–Kier alpha value is -2.50. The van der Waals surface area contributed by atoms with E-state index in [1.165, 1.54) is 18.5 Å². The van der Waals surface area contributed by atoms with Gasteiger partial charge >= 0.3 is 0 Å². The highest BCUT2D eigenvalue weighted by Crippen LogP contribution is 2.13. The Morgan fingerprint density at radius 1 is 1.39 bits per heavy atom. The summed E-state index contributed by atoms with van der Waals surface area (Å²) < 4.78 is 0. The first-order chi connectivity index (χ1) is 8.66. The molecule has 0 saturated carbocycles. The predicted molar refractivity (Wildman–Crippen MR) is 63.8 cm³/mol. The van der Waals surface area contributed by atoms with Crippen molar-refractivity contribution in [3.63, 3.8) is 0 Å². The third-order valence-electron chi connectivity index (χ3n) is 2.31. The number of aromatic nitrogens is 3. The monoisotopic (exact) mass is 244 g/mol. The van der Waals surface area contributed by atoms with Crippen LogP contribution in [-0.2, 0) is 6.54 Å². The van der Waals surface area contributed by atoms with Crippen molar-refractivity contribution >= 4 is 5.91 Å². The molecule has 6 heteroatoms. The molecule has 0 aromatic carbocycles. The van der Waals surface area contributed by atoms with Gasteiger partial charge in [-0.25, -0.2) is 9.97 Å². The van der Waals surface area contributed by atoms with Gasteiger partial charge in [0.25, 0.3) is 5.91 Å². The lowest BCUT2D eigenvalue weighted by molar-refractivity contribution is 0.0947. The van der Waals surface area contributed by atoms with Gasteiger partial charge in [0.1, 0.15) is 11.6 Å². The number of nitrogens with zero attached hydrogens (tertiary/aromatic N) is 3. The number of nitrogens with one attached hydrogen (secondary N) is 1. The normalized spacial score (nSPS) is 10.1. The molecule has 2 N–H and O–H groups in total. The fourth-order valence-corrected chi connectivity index (χ4v) is 1.45. The minimum Gasteiger partial charge on any atom is -0.505 e. The number of hydrogen-bond acceptors (Lipinski definition) is 5. The average molecular weight is 244 g/mol. The van der Waals surface area contributed by atoms with Crippen LogP contribution in [0.15, 0.2) is 30.7 Å². The molecule has 2 aromatic rings. The maximum absolute atomic E-state index is 11.8. The van der Waals surface area contributed by atoms with Crippen LogP contribution >= 0.6 is 0 Å². The number of aryl methyl sites for hydroxylation is 1. The highest BCUT2D eigenvalue weighted by atomic mass is 16.3. The van der Waals surface area contributed by atoms with Crippen LogP contribution in [0.25, 0.3) is 0 Å². The zero-order valence-electron chi connectivity index (χ0n) is 9.79. The van der Waals surface area contributed by atoms with Crippen molar-refractivity contribution in [1.82, 2.24) is 20.3 Å². The van der Waals surface area contributed by atoms with Crippen LogP contribution in [0.1, 0.15) is 21.9 Å². The van der Waals surface area contributed by atoms with E-state index in [4.69, 9.17) is 0 Å². The molecular weight excluding hydrogens is 232 g/mol. The predicted octanol–water partition coefficient (Wildman–Crippen LogP) is 0.816. The van der Waals surface area contributed by atoms with Crippen molar-refractivity contribution in [2.24, 2.45) is 0 Å². The molecule has 0 saturated heterocycles. The van der Waals surface area contributed by atoms with Crippen LogP contribution in [-0.4, -0.2) is 26.0 Å².